The van der Waals surface area contributed by atoms with Crippen LogP contribution in [0.25, 0.3) is 0 Å². The number of hydrogen-bond acceptors (Lipinski definition) is 4. The maximum absolute atomic E-state index is 11.7. The van der Waals surface area contributed by atoms with Gasteiger partial charge in [0.05, 0.1) is 24.3 Å². The van der Waals surface area contributed by atoms with E-state index in [1.807, 2.05) is 13.8 Å². The smallest absolute Gasteiger partial charge is 0.338 e. The van der Waals surface area contributed by atoms with Crippen LogP contribution in [-0.2, 0) is 9.47 Å². The number of esters is 2. The summed E-state index contributed by atoms with van der Waals surface area (Å²) in [7, 11) is 0. The molecule has 0 aliphatic carbocycles. The van der Waals surface area contributed by atoms with Gasteiger partial charge in [0.1, 0.15) is 0 Å². The molecule has 0 bridgehead atoms. The molecular weight excluding hydrogens is 232 g/mol. The fourth-order valence-electron chi connectivity index (χ4n) is 1.71. The molecule has 0 saturated carbocycles. The molecule has 18 heavy (non-hydrogen) atoms. The summed E-state index contributed by atoms with van der Waals surface area (Å²) in [5.41, 5.74) is 2.40. The zero-order valence-corrected chi connectivity index (χ0v) is 11.2. The zero-order valence-electron chi connectivity index (χ0n) is 11.2. The normalized spacial score (nSPS) is 10.0. The maximum Gasteiger partial charge on any atom is 0.338 e. The van der Waals surface area contributed by atoms with E-state index in [-0.39, 0.29) is 0 Å². The summed E-state index contributed by atoms with van der Waals surface area (Å²) >= 11 is 0. The van der Waals surface area contributed by atoms with Crippen LogP contribution in [0.5, 0.6) is 0 Å². The van der Waals surface area contributed by atoms with Crippen LogP contribution in [0, 0.1) is 13.8 Å². The summed E-state index contributed by atoms with van der Waals surface area (Å²) in [4.78, 5) is 23.5. The molecule has 0 saturated heterocycles. The van der Waals surface area contributed by atoms with Gasteiger partial charge in [-0.3, -0.25) is 0 Å². The van der Waals surface area contributed by atoms with Crippen molar-refractivity contribution in [2.75, 3.05) is 13.2 Å². The molecule has 1 aromatic carbocycles. The SMILES string of the molecule is CCOC(=O)c1cc(C(=O)OCC)c(C)cc1C. The molecule has 0 heterocycles. The molecule has 4 nitrogen and oxygen atoms in total. The van der Waals surface area contributed by atoms with Gasteiger partial charge in [0.25, 0.3) is 0 Å². The first-order chi connectivity index (χ1) is 8.51. The van der Waals surface area contributed by atoms with E-state index in [0.717, 1.165) is 11.1 Å². The van der Waals surface area contributed by atoms with Gasteiger partial charge in [-0.15, -0.1) is 0 Å². The van der Waals surface area contributed by atoms with Crippen molar-refractivity contribution in [3.63, 3.8) is 0 Å². The van der Waals surface area contributed by atoms with Crippen LogP contribution in [0.4, 0.5) is 0 Å². The number of ether oxygens (including phenoxy) is 2. The van der Waals surface area contributed by atoms with Crippen molar-refractivity contribution in [3.05, 3.63) is 34.4 Å². The van der Waals surface area contributed by atoms with Gasteiger partial charge >= 0.3 is 11.9 Å². The molecule has 0 fully saturated rings. The van der Waals surface area contributed by atoms with Crippen LogP contribution in [0.3, 0.4) is 0 Å². The van der Waals surface area contributed by atoms with Crippen molar-refractivity contribution >= 4 is 11.9 Å². The van der Waals surface area contributed by atoms with Crippen LogP contribution in [-0.4, -0.2) is 25.2 Å². The minimum Gasteiger partial charge on any atom is -0.462 e. The summed E-state index contributed by atoms with van der Waals surface area (Å²) < 4.78 is 9.90. The lowest BCUT2D eigenvalue weighted by Gasteiger charge is -2.10. The van der Waals surface area contributed by atoms with Crippen molar-refractivity contribution in [1.82, 2.24) is 0 Å². The molecule has 1 aromatic rings. The van der Waals surface area contributed by atoms with Gasteiger partial charge in [0.2, 0.25) is 0 Å². The highest BCUT2D eigenvalue weighted by atomic mass is 16.5. The van der Waals surface area contributed by atoms with Crippen molar-refractivity contribution in [3.8, 4) is 0 Å². The Kier molecular flexibility index (Phi) is 4.89. The molecule has 1 rings (SSSR count). The second kappa shape index (κ2) is 6.19. The van der Waals surface area contributed by atoms with Gasteiger partial charge in [-0.1, -0.05) is 6.07 Å². The summed E-state index contributed by atoms with van der Waals surface area (Å²) in [6.45, 7) is 7.73. The Morgan fingerprint density at radius 3 is 1.61 bits per heavy atom. The van der Waals surface area contributed by atoms with Crippen molar-refractivity contribution in [2.45, 2.75) is 27.7 Å². The lowest BCUT2D eigenvalue weighted by atomic mass is 10.00. The Balaban J connectivity index is 3.17. The number of benzene rings is 1. The molecule has 0 radical (unpaired) electrons. The standard InChI is InChI=1S/C14H18O4/c1-5-17-13(15)11-8-12(14(16)18-6-2)10(4)7-9(11)3/h7-8H,5-6H2,1-4H3. The van der Waals surface area contributed by atoms with Crippen molar-refractivity contribution < 1.29 is 19.1 Å². The lowest BCUT2D eigenvalue weighted by Crippen LogP contribution is -2.12. The highest BCUT2D eigenvalue weighted by molar-refractivity contribution is 5.97. The maximum atomic E-state index is 11.7. The second-order valence-electron chi connectivity index (χ2n) is 3.92. The Morgan fingerprint density at radius 1 is 0.889 bits per heavy atom. The van der Waals surface area contributed by atoms with Crippen LogP contribution in [0.1, 0.15) is 45.7 Å². The Hall–Kier alpha value is -1.84. The molecule has 4 heteroatoms. The highest BCUT2D eigenvalue weighted by Crippen LogP contribution is 2.18. The van der Waals surface area contributed by atoms with Crippen molar-refractivity contribution in [1.29, 1.82) is 0 Å². The first kappa shape index (κ1) is 14.2. The number of carbonyl (C=O) groups is 2. The number of carbonyl (C=O) groups excluding carboxylic acids is 2. The van der Waals surface area contributed by atoms with E-state index in [2.05, 4.69) is 0 Å². The van der Waals surface area contributed by atoms with Gasteiger partial charge in [-0.25, -0.2) is 9.59 Å². The van der Waals surface area contributed by atoms with Crippen LogP contribution < -0.4 is 0 Å². The Bertz CT molecular complexity index is 424. The summed E-state index contributed by atoms with van der Waals surface area (Å²) in [5.74, 6) is -0.832. The van der Waals surface area contributed by atoms with E-state index >= 15 is 0 Å². The van der Waals surface area contributed by atoms with Crippen LogP contribution in [0.15, 0.2) is 12.1 Å². The fraction of sp³-hybridized carbons (Fsp3) is 0.429. The largest absolute Gasteiger partial charge is 0.462 e. The third-order valence-corrected chi connectivity index (χ3v) is 2.56. The predicted molar refractivity (Wildman–Crippen MR) is 67.8 cm³/mol. The second-order valence-corrected chi connectivity index (χ2v) is 3.92. The van der Waals surface area contributed by atoms with E-state index in [9.17, 15) is 9.59 Å². The van der Waals surface area contributed by atoms with Gasteiger partial charge in [0, 0.05) is 0 Å². The molecule has 0 aliphatic rings. The topological polar surface area (TPSA) is 52.6 Å². The first-order valence-electron chi connectivity index (χ1n) is 5.96. The first-order valence-corrected chi connectivity index (χ1v) is 5.96. The van der Waals surface area contributed by atoms with E-state index in [0.29, 0.717) is 24.3 Å². The lowest BCUT2D eigenvalue weighted by molar-refractivity contribution is 0.0524. The van der Waals surface area contributed by atoms with Gasteiger partial charge in [0.15, 0.2) is 0 Å². The van der Waals surface area contributed by atoms with Crippen LogP contribution >= 0.6 is 0 Å². The van der Waals surface area contributed by atoms with Crippen molar-refractivity contribution in [2.24, 2.45) is 0 Å². The molecule has 0 spiro atoms. The molecule has 0 aromatic heterocycles. The zero-order chi connectivity index (χ0) is 13.7. The summed E-state index contributed by atoms with van der Waals surface area (Å²) in [6, 6.07) is 3.33. The third-order valence-electron chi connectivity index (χ3n) is 2.56. The fourth-order valence-corrected chi connectivity index (χ4v) is 1.71. The highest BCUT2D eigenvalue weighted by Gasteiger charge is 2.17. The van der Waals surface area contributed by atoms with E-state index in [1.54, 1.807) is 26.0 Å². The molecular formula is C14H18O4. The average Bonchev–Trinajstić information content (AvgIpc) is 2.29. The monoisotopic (exact) mass is 250 g/mol. The molecule has 0 aliphatic heterocycles. The Morgan fingerprint density at radius 2 is 1.28 bits per heavy atom. The van der Waals surface area contributed by atoms with Gasteiger partial charge in [-0.2, -0.15) is 0 Å². The van der Waals surface area contributed by atoms with E-state index in [4.69, 9.17) is 9.47 Å². The third kappa shape index (κ3) is 3.09. The quantitative estimate of drug-likeness (QED) is 0.771. The molecule has 0 unspecified atom stereocenters. The van der Waals surface area contributed by atoms with Gasteiger partial charge < -0.3 is 9.47 Å². The van der Waals surface area contributed by atoms with E-state index < -0.39 is 11.9 Å². The molecule has 0 N–H and O–H groups in total. The average molecular weight is 250 g/mol. The summed E-state index contributed by atoms with van der Waals surface area (Å²) in [6.07, 6.45) is 0. The van der Waals surface area contributed by atoms with Gasteiger partial charge in [-0.05, 0) is 44.9 Å². The van der Waals surface area contributed by atoms with Crippen LogP contribution in [0.2, 0.25) is 0 Å². The minimum atomic E-state index is -0.416. The summed E-state index contributed by atoms with van der Waals surface area (Å²) in [5, 5.41) is 0. The molecule has 0 amide bonds. The van der Waals surface area contributed by atoms with E-state index in [1.165, 1.54) is 0 Å². The number of aryl methyl sites for hydroxylation is 2. The number of hydrogen-bond donors (Lipinski definition) is 0. The molecule has 0 atom stereocenters. The number of rotatable bonds is 4. The molecule has 98 valence electrons. The predicted octanol–water partition coefficient (Wildman–Crippen LogP) is 2.66. The Labute approximate surface area is 107 Å². The minimum absolute atomic E-state index is 0.306.